The Morgan fingerprint density at radius 2 is 1.95 bits per heavy atom. The molecule has 1 aliphatic rings. The second-order valence-corrected chi connectivity index (χ2v) is 6.19. The molecule has 0 saturated carbocycles. The largest absolute Gasteiger partial charge is 0.303 e. The first-order valence-corrected chi connectivity index (χ1v) is 8.14. The van der Waals surface area contributed by atoms with Gasteiger partial charge in [0.2, 0.25) is 0 Å². The molecule has 0 amide bonds. The molecule has 0 spiro atoms. The Kier molecular flexibility index (Phi) is 5.78. The summed E-state index contributed by atoms with van der Waals surface area (Å²) >= 11 is 0. The zero-order valence-corrected chi connectivity index (χ0v) is 13.3. The molecule has 1 aromatic rings. The Balaban J connectivity index is 2.05. The zero-order chi connectivity index (χ0) is 15.1. The van der Waals surface area contributed by atoms with Crippen molar-refractivity contribution in [2.24, 2.45) is 5.92 Å². The molecule has 1 unspecified atom stereocenters. The summed E-state index contributed by atoms with van der Waals surface area (Å²) in [6, 6.07) is 12.7. The first kappa shape index (κ1) is 16.0. The van der Waals surface area contributed by atoms with E-state index >= 15 is 0 Å². The molecule has 1 atom stereocenters. The number of nitriles is 1. The number of benzene rings is 1. The molecule has 114 valence electrons. The Bertz CT molecular complexity index is 457. The quantitative estimate of drug-likeness (QED) is 0.872. The highest BCUT2D eigenvalue weighted by molar-refractivity contribution is 5.31. The Labute approximate surface area is 129 Å². The lowest BCUT2D eigenvalue weighted by Gasteiger charge is -2.34. The number of hydrogen-bond donors (Lipinski definition) is 1. The average molecular weight is 285 g/mol. The van der Waals surface area contributed by atoms with E-state index in [0.29, 0.717) is 0 Å². The van der Waals surface area contributed by atoms with Gasteiger partial charge in [-0.05, 0) is 50.4 Å². The second-order valence-electron chi connectivity index (χ2n) is 6.19. The van der Waals surface area contributed by atoms with Crippen LogP contribution in [0.5, 0.6) is 0 Å². The highest BCUT2D eigenvalue weighted by Gasteiger charge is 2.31. The third-order valence-electron chi connectivity index (χ3n) is 4.62. The predicted molar refractivity (Wildman–Crippen MR) is 86.9 cm³/mol. The third kappa shape index (κ3) is 4.06. The van der Waals surface area contributed by atoms with Gasteiger partial charge in [-0.1, -0.05) is 44.2 Å². The monoisotopic (exact) mass is 285 g/mol. The molecule has 1 N–H and O–H groups in total. The molecule has 1 saturated heterocycles. The average Bonchev–Trinajstić information content (AvgIpc) is 2.54. The zero-order valence-electron chi connectivity index (χ0n) is 13.3. The molecule has 1 fully saturated rings. The molecule has 3 nitrogen and oxygen atoms in total. The van der Waals surface area contributed by atoms with Crippen LogP contribution in [0.3, 0.4) is 0 Å². The van der Waals surface area contributed by atoms with E-state index in [-0.39, 0.29) is 0 Å². The molecule has 2 rings (SSSR count). The molecular weight excluding hydrogens is 258 g/mol. The molecular formula is C18H27N3. The van der Waals surface area contributed by atoms with Crippen molar-refractivity contribution in [1.82, 2.24) is 10.2 Å². The number of piperidine rings is 1. The smallest absolute Gasteiger partial charge is 0.133 e. The molecule has 0 aliphatic carbocycles. The van der Waals surface area contributed by atoms with E-state index in [4.69, 9.17) is 0 Å². The fourth-order valence-corrected chi connectivity index (χ4v) is 3.13. The summed E-state index contributed by atoms with van der Waals surface area (Å²) in [7, 11) is 0. The molecule has 1 aliphatic heterocycles. The summed E-state index contributed by atoms with van der Waals surface area (Å²) < 4.78 is 0. The van der Waals surface area contributed by atoms with Crippen molar-refractivity contribution in [3.63, 3.8) is 0 Å². The summed E-state index contributed by atoms with van der Waals surface area (Å²) in [5, 5.41) is 13.2. The fraction of sp³-hybridized carbons (Fsp3) is 0.611. The van der Waals surface area contributed by atoms with Crippen LogP contribution in [0.25, 0.3) is 0 Å². The lowest BCUT2D eigenvalue weighted by atomic mass is 9.87. The molecule has 0 aromatic heterocycles. The Hall–Kier alpha value is -1.37. The van der Waals surface area contributed by atoms with Crippen LogP contribution >= 0.6 is 0 Å². The first-order chi connectivity index (χ1) is 10.2. The predicted octanol–water partition coefficient (Wildman–Crippen LogP) is 3.14. The highest BCUT2D eigenvalue weighted by atomic mass is 15.1. The maximum atomic E-state index is 9.80. The number of nitrogens with one attached hydrogen (secondary N) is 1. The standard InChI is InChI=1S/C18H27N3/c1-3-20-18(15-19,17-7-5-4-6-8-17)11-14-21-12-9-16(2)10-13-21/h4-8,16,20H,3,9-14H2,1-2H3. The van der Waals surface area contributed by atoms with Crippen molar-refractivity contribution in [2.45, 2.75) is 38.6 Å². The van der Waals surface area contributed by atoms with E-state index in [0.717, 1.165) is 31.0 Å². The van der Waals surface area contributed by atoms with Gasteiger partial charge in [0.15, 0.2) is 0 Å². The molecule has 0 bridgehead atoms. The van der Waals surface area contributed by atoms with Gasteiger partial charge in [-0.15, -0.1) is 0 Å². The van der Waals surface area contributed by atoms with Crippen LogP contribution in [-0.2, 0) is 5.54 Å². The molecule has 21 heavy (non-hydrogen) atoms. The van der Waals surface area contributed by atoms with Crippen LogP contribution in [0.1, 0.15) is 38.7 Å². The van der Waals surface area contributed by atoms with E-state index < -0.39 is 5.54 Å². The lowest BCUT2D eigenvalue weighted by Crippen LogP contribution is -2.45. The van der Waals surface area contributed by atoms with Crippen molar-refractivity contribution in [1.29, 1.82) is 5.26 Å². The number of rotatable bonds is 6. The van der Waals surface area contributed by atoms with Gasteiger partial charge in [0.25, 0.3) is 0 Å². The van der Waals surface area contributed by atoms with E-state index in [1.54, 1.807) is 0 Å². The molecule has 1 aromatic carbocycles. The van der Waals surface area contributed by atoms with Crippen LogP contribution in [0.4, 0.5) is 0 Å². The minimum atomic E-state index is -0.556. The van der Waals surface area contributed by atoms with Crippen molar-refractivity contribution in [3.8, 4) is 6.07 Å². The van der Waals surface area contributed by atoms with Crippen molar-refractivity contribution in [2.75, 3.05) is 26.2 Å². The Morgan fingerprint density at radius 1 is 1.29 bits per heavy atom. The maximum absolute atomic E-state index is 9.80. The van der Waals surface area contributed by atoms with Crippen LogP contribution in [0.2, 0.25) is 0 Å². The minimum absolute atomic E-state index is 0.556. The second kappa shape index (κ2) is 7.59. The maximum Gasteiger partial charge on any atom is 0.133 e. The number of nitrogens with zero attached hydrogens (tertiary/aromatic N) is 2. The van der Waals surface area contributed by atoms with E-state index in [2.05, 4.69) is 42.3 Å². The normalized spacial score (nSPS) is 19.9. The summed E-state index contributed by atoms with van der Waals surface area (Å²) in [6.45, 7) is 8.53. The number of likely N-dealkylation sites (tertiary alicyclic amines) is 1. The molecule has 0 radical (unpaired) electrons. The van der Waals surface area contributed by atoms with Gasteiger partial charge in [0, 0.05) is 6.54 Å². The van der Waals surface area contributed by atoms with Crippen molar-refractivity contribution >= 4 is 0 Å². The van der Waals surface area contributed by atoms with Crippen molar-refractivity contribution < 1.29 is 0 Å². The topological polar surface area (TPSA) is 39.1 Å². The number of hydrogen-bond acceptors (Lipinski definition) is 3. The summed E-state index contributed by atoms with van der Waals surface area (Å²) in [5.74, 6) is 0.852. The summed E-state index contributed by atoms with van der Waals surface area (Å²) in [6.07, 6.45) is 3.41. The van der Waals surface area contributed by atoms with Gasteiger partial charge in [-0.2, -0.15) is 5.26 Å². The Morgan fingerprint density at radius 3 is 2.52 bits per heavy atom. The van der Waals surface area contributed by atoms with E-state index in [9.17, 15) is 5.26 Å². The highest BCUT2D eigenvalue weighted by Crippen LogP contribution is 2.26. The van der Waals surface area contributed by atoms with E-state index in [1.165, 1.54) is 25.9 Å². The van der Waals surface area contributed by atoms with Crippen LogP contribution in [-0.4, -0.2) is 31.1 Å². The van der Waals surface area contributed by atoms with Gasteiger partial charge in [-0.3, -0.25) is 5.32 Å². The van der Waals surface area contributed by atoms with Gasteiger partial charge >= 0.3 is 0 Å². The van der Waals surface area contributed by atoms with Crippen LogP contribution in [0, 0.1) is 17.2 Å². The van der Waals surface area contributed by atoms with Crippen LogP contribution < -0.4 is 5.32 Å². The molecule has 3 heteroatoms. The van der Waals surface area contributed by atoms with Gasteiger partial charge in [0.05, 0.1) is 6.07 Å². The lowest BCUT2D eigenvalue weighted by molar-refractivity contribution is 0.176. The summed E-state index contributed by atoms with van der Waals surface area (Å²) in [5.41, 5.74) is 0.527. The van der Waals surface area contributed by atoms with Gasteiger partial charge in [-0.25, -0.2) is 0 Å². The van der Waals surface area contributed by atoms with Gasteiger partial charge < -0.3 is 4.90 Å². The van der Waals surface area contributed by atoms with Crippen LogP contribution in [0.15, 0.2) is 30.3 Å². The summed E-state index contributed by atoms with van der Waals surface area (Å²) in [4.78, 5) is 2.51. The fourth-order valence-electron chi connectivity index (χ4n) is 3.13. The minimum Gasteiger partial charge on any atom is -0.303 e. The van der Waals surface area contributed by atoms with E-state index in [1.807, 2.05) is 18.2 Å². The third-order valence-corrected chi connectivity index (χ3v) is 4.62. The van der Waals surface area contributed by atoms with Gasteiger partial charge in [0.1, 0.15) is 5.54 Å². The molecule has 1 heterocycles. The first-order valence-electron chi connectivity index (χ1n) is 8.14. The SMILES string of the molecule is CCNC(C#N)(CCN1CCC(C)CC1)c1ccccc1. The van der Waals surface area contributed by atoms with Crippen molar-refractivity contribution in [3.05, 3.63) is 35.9 Å².